The molecule has 1 aromatic carbocycles. The van der Waals surface area contributed by atoms with Crippen LogP contribution in [0.2, 0.25) is 0 Å². The van der Waals surface area contributed by atoms with Gasteiger partial charge in [0.05, 0.1) is 0 Å². The summed E-state index contributed by atoms with van der Waals surface area (Å²) in [6.45, 7) is 4.06. The second-order valence-corrected chi connectivity index (χ2v) is 5.48. The third kappa shape index (κ3) is 3.03. The Morgan fingerprint density at radius 2 is 1.79 bits per heavy atom. The van der Waals surface area contributed by atoms with E-state index in [1.54, 1.807) is 4.90 Å². The summed E-state index contributed by atoms with van der Waals surface area (Å²) in [5, 5.41) is 0. The van der Waals surface area contributed by atoms with Crippen LogP contribution in [-0.4, -0.2) is 29.7 Å². The Kier molecular flexibility index (Phi) is 4.03. The fourth-order valence-corrected chi connectivity index (χ4v) is 2.56. The Bertz CT molecular complexity index is 497. The molecule has 102 valence electrons. The van der Waals surface area contributed by atoms with Gasteiger partial charge in [0.1, 0.15) is 5.78 Å². The zero-order valence-electron chi connectivity index (χ0n) is 11.9. The molecule has 0 aliphatic heterocycles. The number of rotatable bonds is 2. The van der Waals surface area contributed by atoms with Gasteiger partial charge in [0.15, 0.2) is 0 Å². The van der Waals surface area contributed by atoms with Crippen LogP contribution in [-0.2, 0) is 4.79 Å². The quantitative estimate of drug-likeness (QED) is 0.819. The molecule has 1 fully saturated rings. The molecule has 3 nitrogen and oxygen atoms in total. The average Bonchev–Trinajstić information content (AvgIpc) is 2.41. The molecule has 0 bridgehead atoms. The second kappa shape index (κ2) is 5.55. The van der Waals surface area contributed by atoms with E-state index in [9.17, 15) is 9.59 Å². The van der Waals surface area contributed by atoms with Crippen LogP contribution in [0.1, 0.15) is 47.2 Å². The highest BCUT2D eigenvalue weighted by atomic mass is 16.2. The van der Waals surface area contributed by atoms with Crippen molar-refractivity contribution >= 4 is 11.7 Å². The van der Waals surface area contributed by atoms with Gasteiger partial charge in [-0.1, -0.05) is 6.07 Å². The summed E-state index contributed by atoms with van der Waals surface area (Å²) in [6.07, 6.45) is 2.81. The van der Waals surface area contributed by atoms with Crippen LogP contribution in [0, 0.1) is 13.8 Å². The van der Waals surface area contributed by atoms with Crippen molar-refractivity contribution in [2.24, 2.45) is 0 Å². The molecular formula is C16H21NO2. The molecule has 0 spiro atoms. The van der Waals surface area contributed by atoms with Crippen LogP contribution in [0.25, 0.3) is 0 Å². The van der Waals surface area contributed by atoms with Gasteiger partial charge in [-0.2, -0.15) is 0 Å². The van der Waals surface area contributed by atoms with E-state index in [0.717, 1.165) is 24.0 Å². The summed E-state index contributed by atoms with van der Waals surface area (Å²) in [5.41, 5.74) is 3.07. The smallest absolute Gasteiger partial charge is 0.253 e. The summed E-state index contributed by atoms with van der Waals surface area (Å²) in [7, 11) is 1.85. The maximum Gasteiger partial charge on any atom is 0.253 e. The zero-order valence-corrected chi connectivity index (χ0v) is 11.9. The number of amides is 1. The van der Waals surface area contributed by atoms with Gasteiger partial charge >= 0.3 is 0 Å². The number of ketones is 1. The van der Waals surface area contributed by atoms with E-state index in [2.05, 4.69) is 0 Å². The summed E-state index contributed by atoms with van der Waals surface area (Å²) >= 11 is 0. The van der Waals surface area contributed by atoms with E-state index in [4.69, 9.17) is 0 Å². The monoisotopic (exact) mass is 259 g/mol. The Balaban J connectivity index is 2.10. The average molecular weight is 259 g/mol. The van der Waals surface area contributed by atoms with Crippen LogP contribution >= 0.6 is 0 Å². The van der Waals surface area contributed by atoms with Gasteiger partial charge in [0.2, 0.25) is 0 Å². The van der Waals surface area contributed by atoms with Gasteiger partial charge in [0.25, 0.3) is 5.91 Å². The predicted molar refractivity (Wildman–Crippen MR) is 75.3 cm³/mol. The van der Waals surface area contributed by atoms with Crippen molar-refractivity contribution in [2.75, 3.05) is 7.05 Å². The molecular weight excluding hydrogens is 238 g/mol. The van der Waals surface area contributed by atoms with E-state index in [0.29, 0.717) is 18.6 Å². The summed E-state index contributed by atoms with van der Waals surface area (Å²) in [5.74, 6) is 0.380. The van der Waals surface area contributed by atoms with Crippen LogP contribution in [0.3, 0.4) is 0 Å². The van der Waals surface area contributed by atoms with Crippen LogP contribution < -0.4 is 0 Å². The molecule has 0 N–H and O–H groups in total. The van der Waals surface area contributed by atoms with Crippen molar-refractivity contribution in [1.82, 2.24) is 4.90 Å². The largest absolute Gasteiger partial charge is 0.339 e. The lowest BCUT2D eigenvalue weighted by atomic mass is 9.93. The normalized spacial score (nSPS) is 16.5. The van der Waals surface area contributed by atoms with E-state index in [-0.39, 0.29) is 11.9 Å². The Morgan fingerprint density at radius 1 is 1.16 bits per heavy atom. The van der Waals surface area contributed by atoms with Gasteiger partial charge in [0, 0.05) is 31.5 Å². The van der Waals surface area contributed by atoms with Gasteiger partial charge in [-0.05, 0) is 49.9 Å². The van der Waals surface area contributed by atoms with E-state index in [1.807, 2.05) is 39.1 Å². The molecule has 0 aromatic heterocycles. The molecule has 3 heteroatoms. The summed E-state index contributed by atoms with van der Waals surface area (Å²) in [6, 6.07) is 6.02. The maximum atomic E-state index is 12.4. The number of carbonyl (C=O) groups is 2. The van der Waals surface area contributed by atoms with E-state index >= 15 is 0 Å². The van der Waals surface area contributed by atoms with Crippen molar-refractivity contribution < 1.29 is 9.59 Å². The van der Waals surface area contributed by atoms with Crippen LogP contribution in [0.4, 0.5) is 0 Å². The lowest BCUT2D eigenvalue weighted by molar-refractivity contribution is -0.121. The SMILES string of the molecule is Cc1ccc(C(=O)N(C)C2CCC(=O)CC2)cc1C. The molecule has 2 rings (SSSR count). The number of hydrogen-bond acceptors (Lipinski definition) is 2. The fourth-order valence-electron chi connectivity index (χ4n) is 2.56. The molecule has 1 saturated carbocycles. The Hall–Kier alpha value is -1.64. The molecule has 1 aliphatic carbocycles. The van der Waals surface area contributed by atoms with Gasteiger partial charge in [-0.15, -0.1) is 0 Å². The lowest BCUT2D eigenvalue weighted by Crippen LogP contribution is -2.39. The van der Waals surface area contributed by atoms with E-state index in [1.165, 1.54) is 5.56 Å². The molecule has 0 atom stereocenters. The van der Waals surface area contributed by atoms with Crippen molar-refractivity contribution in [3.05, 3.63) is 34.9 Å². The summed E-state index contributed by atoms with van der Waals surface area (Å²) in [4.78, 5) is 25.5. The van der Waals surface area contributed by atoms with Gasteiger partial charge in [-0.25, -0.2) is 0 Å². The number of benzene rings is 1. The minimum atomic E-state index is 0.0578. The standard InChI is InChI=1S/C16H21NO2/c1-11-4-5-13(10-12(11)2)16(19)17(3)14-6-8-15(18)9-7-14/h4-5,10,14H,6-9H2,1-3H3. The first-order valence-electron chi connectivity index (χ1n) is 6.85. The van der Waals surface area contributed by atoms with Crippen molar-refractivity contribution in [1.29, 1.82) is 0 Å². The first-order chi connectivity index (χ1) is 8.99. The highest BCUT2D eigenvalue weighted by Crippen LogP contribution is 2.21. The topological polar surface area (TPSA) is 37.4 Å². The third-order valence-electron chi connectivity index (χ3n) is 4.13. The number of nitrogens with zero attached hydrogens (tertiary/aromatic N) is 1. The van der Waals surface area contributed by atoms with Gasteiger partial charge < -0.3 is 4.90 Å². The number of Topliss-reactive ketones (excluding diaryl/α,β-unsaturated/α-hetero) is 1. The molecule has 19 heavy (non-hydrogen) atoms. The molecule has 1 aliphatic rings. The first-order valence-corrected chi connectivity index (χ1v) is 6.85. The highest BCUT2D eigenvalue weighted by molar-refractivity contribution is 5.94. The van der Waals surface area contributed by atoms with Crippen LogP contribution in [0.15, 0.2) is 18.2 Å². The maximum absolute atomic E-state index is 12.4. The highest BCUT2D eigenvalue weighted by Gasteiger charge is 2.25. The number of hydrogen-bond donors (Lipinski definition) is 0. The molecule has 1 aromatic rings. The van der Waals surface area contributed by atoms with Crippen molar-refractivity contribution in [2.45, 2.75) is 45.6 Å². The van der Waals surface area contributed by atoms with Crippen molar-refractivity contribution in [3.63, 3.8) is 0 Å². The Morgan fingerprint density at radius 3 is 2.37 bits per heavy atom. The minimum Gasteiger partial charge on any atom is -0.339 e. The fraction of sp³-hybridized carbons (Fsp3) is 0.500. The van der Waals surface area contributed by atoms with Crippen LogP contribution in [0.5, 0.6) is 0 Å². The molecule has 0 unspecified atom stereocenters. The minimum absolute atomic E-state index is 0.0578. The predicted octanol–water partition coefficient (Wildman–Crippen LogP) is 2.89. The first kappa shape index (κ1) is 13.8. The molecule has 1 amide bonds. The summed E-state index contributed by atoms with van der Waals surface area (Å²) < 4.78 is 0. The third-order valence-corrected chi connectivity index (χ3v) is 4.13. The van der Waals surface area contributed by atoms with Crippen molar-refractivity contribution in [3.8, 4) is 0 Å². The zero-order chi connectivity index (χ0) is 14.0. The van der Waals surface area contributed by atoms with Gasteiger partial charge in [-0.3, -0.25) is 9.59 Å². The number of aryl methyl sites for hydroxylation is 2. The molecule has 0 saturated heterocycles. The molecule has 0 radical (unpaired) electrons. The molecule has 0 heterocycles. The second-order valence-electron chi connectivity index (χ2n) is 5.48. The van der Waals surface area contributed by atoms with E-state index < -0.39 is 0 Å². The lowest BCUT2D eigenvalue weighted by Gasteiger charge is -2.31. The Labute approximate surface area is 114 Å². The number of carbonyl (C=O) groups excluding carboxylic acids is 2.